The largest absolute Gasteiger partial charge is 0.355 e. The van der Waals surface area contributed by atoms with E-state index < -0.39 is 0 Å². The van der Waals surface area contributed by atoms with E-state index in [2.05, 4.69) is 59.4 Å². The van der Waals surface area contributed by atoms with Crippen LogP contribution in [0.25, 0.3) is 0 Å². The normalized spacial score (nSPS) is 27.7. The van der Waals surface area contributed by atoms with Crippen molar-refractivity contribution in [1.82, 2.24) is 5.32 Å². The van der Waals surface area contributed by atoms with Crippen LogP contribution in [-0.2, 0) is 11.2 Å². The van der Waals surface area contributed by atoms with Gasteiger partial charge in [0.15, 0.2) is 0 Å². The van der Waals surface area contributed by atoms with E-state index in [0.29, 0.717) is 22.6 Å². The molecule has 1 aromatic rings. The zero-order valence-electron chi connectivity index (χ0n) is 12.8. The first kappa shape index (κ1) is 15.1. The molecule has 0 saturated heterocycles. The monoisotopic (exact) mass is 349 g/mol. The fraction of sp³-hybridized carbons (Fsp3) is 0.611. The number of aryl methyl sites for hydroxylation is 1. The van der Waals surface area contributed by atoms with Crippen LogP contribution in [-0.4, -0.2) is 17.3 Å². The van der Waals surface area contributed by atoms with Crippen LogP contribution in [0.15, 0.2) is 24.3 Å². The number of hydrogen-bond donors (Lipinski definition) is 1. The molecule has 1 amide bonds. The highest BCUT2D eigenvalue weighted by atomic mass is 79.9. The lowest BCUT2D eigenvalue weighted by molar-refractivity contribution is -0.122. The van der Waals surface area contributed by atoms with Crippen LogP contribution < -0.4 is 5.32 Å². The minimum absolute atomic E-state index is 0.215. The summed E-state index contributed by atoms with van der Waals surface area (Å²) in [6, 6.07) is 8.64. The van der Waals surface area contributed by atoms with Crippen molar-refractivity contribution >= 4 is 21.8 Å². The Morgan fingerprint density at radius 2 is 2.14 bits per heavy atom. The Morgan fingerprint density at radius 3 is 2.90 bits per heavy atom. The van der Waals surface area contributed by atoms with Crippen molar-refractivity contribution in [2.75, 3.05) is 6.54 Å². The molecule has 1 N–H and O–H groups in total. The zero-order chi connectivity index (χ0) is 15.0. The van der Waals surface area contributed by atoms with Crippen LogP contribution in [0.2, 0.25) is 0 Å². The van der Waals surface area contributed by atoms with E-state index >= 15 is 0 Å². The van der Waals surface area contributed by atoms with Crippen LogP contribution in [0.4, 0.5) is 0 Å². The highest BCUT2D eigenvalue weighted by Gasteiger charge is 2.56. The maximum absolute atomic E-state index is 12.4. The molecule has 1 saturated carbocycles. The highest BCUT2D eigenvalue weighted by molar-refractivity contribution is 9.09. The number of alkyl halides is 1. The molecule has 114 valence electrons. The second-order valence-electron chi connectivity index (χ2n) is 6.92. The van der Waals surface area contributed by atoms with Gasteiger partial charge in [-0.15, -0.1) is 0 Å². The fourth-order valence-corrected chi connectivity index (χ4v) is 4.76. The first-order valence-corrected chi connectivity index (χ1v) is 8.99. The molecule has 2 aliphatic carbocycles. The van der Waals surface area contributed by atoms with Crippen LogP contribution in [0.3, 0.4) is 0 Å². The van der Waals surface area contributed by atoms with Crippen LogP contribution in [0, 0.1) is 17.8 Å². The Balaban J connectivity index is 1.57. The molecule has 0 bridgehead atoms. The summed E-state index contributed by atoms with van der Waals surface area (Å²) in [5.41, 5.74) is 2.87. The van der Waals surface area contributed by atoms with Crippen LogP contribution >= 0.6 is 15.9 Å². The van der Waals surface area contributed by atoms with Gasteiger partial charge in [-0.1, -0.05) is 54.0 Å². The van der Waals surface area contributed by atoms with Gasteiger partial charge in [0, 0.05) is 17.3 Å². The predicted molar refractivity (Wildman–Crippen MR) is 89.7 cm³/mol. The van der Waals surface area contributed by atoms with Crippen molar-refractivity contribution in [3.63, 3.8) is 0 Å². The number of hydrogen-bond acceptors (Lipinski definition) is 1. The van der Waals surface area contributed by atoms with Gasteiger partial charge in [0.2, 0.25) is 5.91 Å². The second-order valence-corrected chi connectivity index (χ2v) is 8.22. The molecule has 1 aromatic carbocycles. The molecular weight excluding hydrogens is 326 g/mol. The summed E-state index contributed by atoms with van der Waals surface area (Å²) in [5.74, 6) is 2.19. The lowest BCUT2D eigenvalue weighted by Crippen LogP contribution is -2.32. The van der Waals surface area contributed by atoms with Crippen molar-refractivity contribution in [2.45, 2.75) is 43.9 Å². The summed E-state index contributed by atoms with van der Waals surface area (Å²) in [6.07, 6.45) is 3.40. The van der Waals surface area contributed by atoms with Gasteiger partial charge in [-0.3, -0.25) is 4.79 Å². The molecule has 21 heavy (non-hydrogen) atoms. The van der Waals surface area contributed by atoms with Gasteiger partial charge < -0.3 is 5.32 Å². The van der Waals surface area contributed by atoms with Crippen molar-refractivity contribution in [1.29, 1.82) is 0 Å². The SMILES string of the molecule is CC(C)CC(Br)CNC(=O)C1C2CCc3ccccc3C21. The number of fused-ring (bicyclic) bond motifs is 3. The summed E-state index contributed by atoms with van der Waals surface area (Å²) in [4.78, 5) is 12.8. The average molecular weight is 350 g/mol. The molecule has 3 rings (SSSR count). The molecule has 1 fully saturated rings. The molecule has 2 nitrogen and oxygen atoms in total. The molecule has 0 aromatic heterocycles. The lowest BCUT2D eigenvalue weighted by atomic mass is 9.92. The molecule has 3 heteroatoms. The van der Waals surface area contributed by atoms with E-state index in [1.807, 2.05) is 0 Å². The number of amides is 1. The Bertz CT molecular complexity index is 528. The smallest absolute Gasteiger partial charge is 0.224 e. The lowest BCUT2D eigenvalue weighted by Gasteiger charge is -2.13. The van der Waals surface area contributed by atoms with Crippen molar-refractivity contribution < 1.29 is 4.79 Å². The second kappa shape index (κ2) is 6.12. The number of halogens is 1. The third-order valence-electron chi connectivity index (χ3n) is 4.86. The first-order chi connectivity index (χ1) is 10.1. The van der Waals surface area contributed by atoms with E-state index in [-0.39, 0.29) is 11.8 Å². The fourth-order valence-electron chi connectivity index (χ4n) is 3.85. The molecule has 0 aliphatic heterocycles. The van der Waals surface area contributed by atoms with Crippen LogP contribution in [0.1, 0.15) is 43.7 Å². The Morgan fingerprint density at radius 1 is 1.38 bits per heavy atom. The van der Waals surface area contributed by atoms with Gasteiger partial charge in [0.25, 0.3) is 0 Å². The quantitative estimate of drug-likeness (QED) is 0.802. The van der Waals surface area contributed by atoms with E-state index in [1.54, 1.807) is 0 Å². The van der Waals surface area contributed by atoms with Gasteiger partial charge in [-0.25, -0.2) is 0 Å². The molecule has 4 unspecified atom stereocenters. The number of rotatable bonds is 5. The van der Waals surface area contributed by atoms with E-state index in [0.717, 1.165) is 19.4 Å². The van der Waals surface area contributed by atoms with E-state index in [9.17, 15) is 4.79 Å². The maximum Gasteiger partial charge on any atom is 0.224 e. The molecule has 0 spiro atoms. The summed E-state index contributed by atoms with van der Waals surface area (Å²) in [6.45, 7) is 5.17. The standard InChI is InChI=1S/C18H24BrNO/c1-11(2)9-13(19)10-20-18(21)17-15-8-7-12-5-3-4-6-14(12)16(15)17/h3-6,11,13,15-17H,7-10H2,1-2H3,(H,20,21). The molecule has 0 heterocycles. The minimum Gasteiger partial charge on any atom is -0.355 e. The van der Waals surface area contributed by atoms with Gasteiger partial charge >= 0.3 is 0 Å². The minimum atomic E-state index is 0.215. The molecule has 4 atom stereocenters. The summed E-state index contributed by atoms with van der Waals surface area (Å²) < 4.78 is 0. The van der Waals surface area contributed by atoms with E-state index in [1.165, 1.54) is 17.5 Å². The number of nitrogens with one attached hydrogen (secondary N) is 1. The van der Waals surface area contributed by atoms with E-state index in [4.69, 9.17) is 0 Å². The average Bonchev–Trinajstić information content (AvgIpc) is 3.19. The number of carbonyl (C=O) groups excluding carboxylic acids is 1. The maximum atomic E-state index is 12.4. The molecule has 0 radical (unpaired) electrons. The van der Waals surface area contributed by atoms with Gasteiger partial charge in [0.05, 0.1) is 0 Å². The molecular formula is C18H24BrNO. The Kier molecular flexibility index (Phi) is 4.39. The first-order valence-electron chi connectivity index (χ1n) is 8.07. The third kappa shape index (κ3) is 3.18. The zero-order valence-corrected chi connectivity index (χ0v) is 14.4. The molecule has 2 aliphatic rings. The van der Waals surface area contributed by atoms with Crippen LogP contribution in [0.5, 0.6) is 0 Å². The Hall–Kier alpha value is -0.830. The van der Waals surface area contributed by atoms with Crippen molar-refractivity contribution in [2.24, 2.45) is 17.8 Å². The van der Waals surface area contributed by atoms with Gasteiger partial charge in [-0.2, -0.15) is 0 Å². The van der Waals surface area contributed by atoms with Crippen molar-refractivity contribution in [3.05, 3.63) is 35.4 Å². The summed E-state index contributed by atoms with van der Waals surface area (Å²) >= 11 is 3.66. The van der Waals surface area contributed by atoms with Gasteiger partial charge in [-0.05, 0) is 48.1 Å². The summed E-state index contributed by atoms with van der Waals surface area (Å²) in [5, 5.41) is 3.15. The van der Waals surface area contributed by atoms with Gasteiger partial charge in [0.1, 0.15) is 0 Å². The number of benzene rings is 1. The topological polar surface area (TPSA) is 29.1 Å². The predicted octanol–water partition coefficient (Wildman–Crippen LogP) is 3.89. The Labute approximate surface area is 135 Å². The number of carbonyl (C=O) groups is 1. The highest BCUT2D eigenvalue weighted by Crippen LogP contribution is 2.59. The summed E-state index contributed by atoms with van der Waals surface area (Å²) in [7, 11) is 0. The third-order valence-corrected chi connectivity index (χ3v) is 5.56. The van der Waals surface area contributed by atoms with Crippen molar-refractivity contribution in [3.8, 4) is 0 Å².